The van der Waals surface area contributed by atoms with Crippen molar-refractivity contribution in [1.29, 1.82) is 0 Å². The van der Waals surface area contributed by atoms with Crippen LogP contribution in [0.1, 0.15) is 20.4 Å². The van der Waals surface area contributed by atoms with Crippen LogP contribution in [0.4, 0.5) is 15.9 Å². The van der Waals surface area contributed by atoms with E-state index >= 15 is 4.39 Å². The summed E-state index contributed by atoms with van der Waals surface area (Å²) >= 11 is 8.66. The molecule has 1 fully saturated rings. The second kappa shape index (κ2) is 11.9. The third-order valence-electron chi connectivity index (χ3n) is 6.47. The van der Waals surface area contributed by atoms with Crippen molar-refractivity contribution in [2.24, 2.45) is 0 Å². The molecule has 1 N–H and O–H groups in total. The van der Waals surface area contributed by atoms with E-state index in [0.29, 0.717) is 47.0 Å². The SMILES string of the molecule is O=C(c1cccs1)n1nc(-c2c(N3CCOCC3)ccc(=O)n2Cc2ncccn2)c(F)c1NCc1ccc(Cl)s1. The molecule has 0 unspecified atom stereocenters. The van der Waals surface area contributed by atoms with Crippen molar-refractivity contribution < 1.29 is 13.9 Å². The lowest BCUT2D eigenvalue weighted by Crippen LogP contribution is -2.38. The van der Waals surface area contributed by atoms with Crippen molar-refractivity contribution in [1.82, 2.24) is 24.3 Å². The van der Waals surface area contributed by atoms with Crippen LogP contribution < -0.4 is 15.8 Å². The van der Waals surface area contributed by atoms with Crippen LogP contribution in [-0.4, -0.2) is 56.5 Å². The van der Waals surface area contributed by atoms with E-state index in [1.807, 2.05) is 11.0 Å². The Kier molecular flexibility index (Phi) is 7.92. The Hall–Kier alpha value is -3.91. The van der Waals surface area contributed by atoms with Gasteiger partial charge in [-0.25, -0.2) is 14.4 Å². The molecule has 0 aromatic carbocycles. The maximum Gasteiger partial charge on any atom is 0.290 e. The number of morpholine rings is 1. The fourth-order valence-corrected chi connectivity index (χ4v) is 6.23. The average molecular weight is 612 g/mol. The Morgan fingerprint density at radius 1 is 1.10 bits per heavy atom. The van der Waals surface area contributed by atoms with Crippen LogP contribution in [0, 0.1) is 5.82 Å². The molecule has 210 valence electrons. The summed E-state index contributed by atoms with van der Waals surface area (Å²) in [5.41, 5.74) is 0.291. The van der Waals surface area contributed by atoms with E-state index < -0.39 is 11.7 Å². The predicted molar refractivity (Wildman–Crippen MR) is 157 cm³/mol. The van der Waals surface area contributed by atoms with E-state index in [9.17, 15) is 9.59 Å². The van der Waals surface area contributed by atoms with Crippen LogP contribution in [0.3, 0.4) is 0 Å². The normalized spacial score (nSPS) is 13.5. The van der Waals surface area contributed by atoms with Crippen molar-refractivity contribution in [2.75, 3.05) is 36.5 Å². The zero-order chi connectivity index (χ0) is 28.3. The molecule has 0 saturated carbocycles. The molecule has 0 spiro atoms. The van der Waals surface area contributed by atoms with Gasteiger partial charge in [-0.3, -0.25) is 14.2 Å². The number of thiophene rings is 2. The maximum absolute atomic E-state index is 16.6. The number of carbonyl (C=O) groups is 1. The molecule has 1 aliphatic heterocycles. The van der Waals surface area contributed by atoms with Crippen LogP contribution >= 0.6 is 34.3 Å². The van der Waals surface area contributed by atoms with E-state index in [-0.39, 0.29) is 35.9 Å². The maximum atomic E-state index is 16.6. The van der Waals surface area contributed by atoms with Crippen LogP contribution in [0.15, 0.2) is 65.0 Å². The molecule has 1 aliphatic rings. The third kappa shape index (κ3) is 5.66. The Bertz CT molecular complexity index is 1730. The van der Waals surface area contributed by atoms with Crippen molar-refractivity contribution in [2.45, 2.75) is 13.1 Å². The minimum absolute atomic E-state index is 0.0190. The van der Waals surface area contributed by atoms with Gasteiger partial charge < -0.3 is 15.0 Å². The zero-order valence-electron chi connectivity index (χ0n) is 21.5. The summed E-state index contributed by atoms with van der Waals surface area (Å²) in [5.74, 6) is -1.01. The van der Waals surface area contributed by atoms with Gasteiger partial charge in [-0.1, -0.05) is 17.7 Å². The lowest BCUT2D eigenvalue weighted by molar-refractivity contribution is 0.0951. The molecular formula is C27H23ClFN7O3S2. The van der Waals surface area contributed by atoms with E-state index in [0.717, 1.165) is 9.56 Å². The van der Waals surface area contributed by atoms with Crippen molar-refractivity contribution in [3.63, 3.8) is 0 Å². The molecule has 5 aromatic heterocycles. The number of nitrogens with zero attached hydrogens (tertiary/aromatic N) is 6. The fraction of sp³-hybridized carbons (Fsp3) is 0.222. The standard InChI is InChI=1S/C27H23ClFN7O3S2/c28-20-6-4-17(41-20)15-32-26-23(29)24(33-36(26)27(38)19-3-1-14-40-19)25-18(34-10-12-39-13-11-34)5-7-22(37)35(25)16-21-30-8-2-9-31-21/h1-9,14,32H,10-13,15-16H2. The fourth-order valence-electron chi connectivity index (χ4n) is 4.56. The molecule has 41 heavy (non-hydrogen) atoms. The lowest BCUT2D eigenvalue weighted by atomic mass is 10.1. The van der Waals surface area contributed by atoms with E-state index in [1.54, 1.807) is 48.1 Å². The molecule has 6 heterocycles. The monoisotopic (exact) mass is 611 g/mol. The summed E-state index contributed by atoms with van der Waals surface area (Å²) in [6.45, 7) is 2.22. The number of halogens is 2. The highest BCUT2D eigenvalue weighted by Gasteiger charge is 2.30. The first kappa shape index (κ1) is 27.3. The van der Waals surface area contributed by atoms with Gasteiger partial charge in [0.2, 0.25) is 0 Å². The molecule has 6 rings (SSSR count). The van der Waals surface area contributed by atoms with Gasteiger partial charge in [0.15, 0.2) is 11.6 Å². The van der Waals surface area contributed by atoms with Crippen molar-refractivity contribution >= 4 is 51.7 Å². The molecule has 5 aromatic rings. The summed E-state index contributed by atoms with van der Waals surface area (Å²) < 4.78 is 25.1. The minimum Gasteiger partial charge on any atom is -0.378 e. The molecule has 0 aliphatic carbocycles. The first-order valence-electron chi connectivity index (χ1n) is 12.7. The van der Waals surface area contributed by atoms with Gasteiger partial charge in [-0.2, -0.15) is 9.78 Å². The average Bonchev–Trinajstić information content (AvgIpc) is 3.75. The van der Waals surface area contributed by atoms with Crippen LogP contribution in [-0.2, 0) is 17.8 Å². The molecule has 1 saturated heterocycles. The van der Waals surface area contributed by atoms with Gasteiger partial charge in [0.25, 0.3) is 11.5 Å². The minimum atomic E-state index is -0.764. The first-order valence-corrected chi connectivity index (χ1v) is 14.7. The second-order valence-corrected chi connectivity index (χ2v) is 11.8. The highest BCUT2D eigenvalue weighted by molar-refractivity contribution is 7.16. The van der Waals surface area contributed by atoms with E-state index in [2.05, 4.69) is 20.4 Å². The van der Waals surface area contributed by atoms with Gasteiger partial charge in [-0.05, 0) is 35.7 Å². The molecule has 0 atom stereocenters. The smallest absolute Gasteiger partial charge is 0.290 e. The van der Waals surface area contributed by atoms with E-state index in [1.165, 1.54) is 33.3 Å². The molecule has 10 nitrogen and oxygen atoms in total. The predicted octanol–water partition coefficient (Wildman–Crippen LogP) is 4.60. The molecular weight excluding hydrogens is 589 g/mol. The summed E-state index contributed by atoms with van der Waals surface area (Å²) in [5, 5.41) is 9.31. The van der Waals surface area contributed by atoms with Gasteiger partial charge in [-0.15, -0.1) is 22.7 Å². The van der Waals surface area contributed by atoms with Crippen LogP contribution in [0.5, 0.6) is 0 Å². The largest absolute Gasteiger partial charge is 0.378 e. The van der Waals surface area contributed by atoms with E-state index in [4.69, 9.17) is 16.3 Å². The van der Waals surface area contributed by atoms with Crippen LogP contribution in [0.25, 0.3) is 11.4 Å². The first-order chi connectivity index (χ1) is 20.0. The van der Waals surface area contributed by atoms with Gasteiger partial charge in [0, 0.05) is 36.4 Å². The summed E-state index contributed by atoms with van der Waals surface area (Å²) in [6.07, 6.45) is 3.15. The number of pyridine rings is 1. The number of carbonyl (C=O) groups excluding carboxylic acids is 1. The van der Waals surface area contributed by atoms with Gasteiger partial charge >= 0.3 is 0 Å². The summed E-state index contributed by atoms with van der Waals surface area (Å²) in [6, 6.07) is 11.7. The number of rotatable bonds is 8. The molecule has 0 amide bonds. The number of hydrogen-bond donors (Lipinski definition) is 1. The van der Waals surface area contributed by atoms with Crippen molar-refractivity contribution in [3.8, 4) is 11.4 Å². The summed E-state index contributed by atoms with van der Waals surface area (Å²) in [4.78, 5) is 38.6. The lowest BCUT2D eigenvalue weighted by Gasteiger charge is -2.31. The number of anilines is 2. The third-order valence-corrected chi connectivity index (χ3v) is 8.56. The number of ether oxygens (including phenoxy) is 1. The molecule has 14 heteroatoms. The Morgan fingerprint density at radius 3 is 2.61 bits per heavy atom. The Balaban J connectivity index is 1.53. The summed E-state index contributed by atoms with van der Waals surface area (Å²) in [7, 11) is 0. The van der Waals surface area contributed by atoms with Gasteiger partial charge in [0.1, 0.15) is 11.5 Å². The number of hydrogen-bond acceptors (Lipinski definition) is 10. The second-order valence-electron chi connectivity index (χ2n) is 9.02. The Morgan fingerprint density at radius 2 is 1.90 bits per heavy atom. The van der Waals surface area contributed by atoms with Crippen molar-refractivity contribution in [3.05, 3.63) is 96.3 Å². The molecule has 0 radical (unpaired) electrons. The number of aromatic nitrogens is 5. The van der Waals surface area contributed by atoms with Crippen LogP contribution in [0.2, 0.25) is 4.34 Å². The van der Waals surface area contributed by atoms with Gasteiger partial charge in [0.05, 0.1) is 46.9 Å². The molecule has 0 bridgehead atoms. The zero-order valence-corrected chi connectivity index (χ0v) is 23.9. The highest BCUT2D eigenvalue weighted by Crippen LogP contribution is 2.35. The quantitative estimate of drug-likeness (QED) is 0.271. The topological polar surface area (TPSA) is 107 Å². The number of nitrogens with one attached hydrogen (secondary N) is 1. The highest BCUT2D eigenvalue weighted by atomic mass is 35.5. The Labute approximate surface area is 246 Å².